The molecule has 0 spiro atoms. The van der Waals surface area contributed by atoms with Crippen molar-refractivity contribution >= 4 is 15.9 Å². The van der Waals surface area contributed by atoms with E-state index in [-0.39, 0.29) is 37.3 Å². The van der Waals surface area contributed by atoms with Crippen molar-refractivity contribution in [2.24, 2.45) is 0 Å². The Balaban J connectivity index is 2.40. The number of amides is 1. The number of hydrogen-bond acceptors (Lipinski definition) is 6. The molecule has 0 aromatic carbocycles. The molecule has 0 bridgehead atoms. The van der Waals surface area contributed by atoms with Crippen LogP contribution < -0.4 is 5.32 Å². The Morgan fingerprint density at radius 1 is 1.43 bits per heavy atom. The van der Waals surface area contributed by atoms with E-state index in [1.807, 2.05) is 0 Å². The zero-order valence-corrected chi connectivity index (χ0v) is 13.1. The summed E-state index contributed by atoms with van der Waals surface area (Å²) in [5.41, 5.74) is 0. The number of rotatable bonds is 9. The second-order valence-electron chi connectivity index (χ2n) is 4.81. The van der Waals surface area contributed by atoms with Crippen molar-refractivity contribution in [3.8, 4) is 0 Å². The van der Waals surface area contributed by atoms with Gasteiger partial charge in [0.2, 0.25) is 15.9 Å². The van der Waals surface area contributed by atoms with E-state index in [4.69, 9.17) is 14.6 Å². The lowest BCUT2D eigenvalue weighted by Gasteiger charge is -2.26. The Bertz CT molecular complexity index is 402. The first-order valence-corrected chi connectivity index (χ1v) is 8.55. The highest BCUT2D eigenvalue weighted by Gasteiger charge is 2.25. The number of aliphatic hydroxyl groups excluding tert-OH is 1. The Labute approximate surface area is 125 Å². The summed E-state index contributed by atoms with van der Waals surface area (Å²) < 4.78 is 35.5. The summed E-state index contributed by atoms with van der Waals surface area (Å²) in [5, 5.41) is 11.5. The fraction of sp³-hybridized carbons (Fsp3) is 0.917. The number of carbonyl (C=O) groups excluding carboxylic acids is 1. The van der Waals surface area contributed by atoms with Crippen molar-refractivity contribution in [3.05, 3.63) is 0 Å². The van der Waals surface area contributed by atoms with Gasteiger partial charge in [-0.05, 0) is 6.42 Å². The van der Waals surface area contributed by atoms with Gasteiger partial charge < -0.3 is 19.9 Å². The maximum absolute atomic E-state index is 12.1. The highest BCUT2D eigenvalue weighted by molar-refractivity contribution is 7.89. The lowest BCUT2D eigenvalue weighted by Crippen LogP contribution is -2.43. The maximum Gasteiger partial charge on any atom is 0.221 e. The standard InChI is InChI=1S/C12H24N2O6S/c1-19-10-11(2-6-15)13-12(16)3-9-21(17,18)14-4-7-20-8-5-14/h11,15H,2-10H2,1H3,(H,13,16). The van der Waals surface area contributed by atoms with Gasteiger partial charge in [-0.15, -0.1) is 0 Å². The van der Waals surface area contributed by atoms with Crippen LogP contribution in [0.1, 0.15) is 12.8 Å². The molecule has 1 saturated heterocycles. The van der Waals surface area contributed by atoms with E-state index >= 15 is 0 Å². The molecule has 1 fully saturated rings. The molecule has 0 saturated carbocycles. The summed E-state index contributed by atoms with van der Waals surface area (Å²) in [4.78, 5) is 11.8. The molecule has 1 aliphatic rings. The Hall–Kier alpha value is -0.740. The molecule has 0 aromatic rings. The molecule has 2 N–H and O–H groups in total. The van der Waals surface area contributed by atoms with Crippen LogP contribution in [-0.4, -0.2) is 82.2 Å². The summed E-state index contributed by atoms with van der Waals surface area (Å²) in [6.07, 6.45) is 0.265. The SMILES string of the molecule is COCC(CCO)NC(=O)CCS(=O)(=O)N1CCOCC1. The molecular formula is C12H24N2O6S. The highest BCUT2D eigenvalue weighted by Crippen LogP contribution is 2.07. The molecular weight excluding hydrogens is 300 g/mol. The van der Waals surface area contributed by atoms with E-state index < -0.39 is 10.0 Å². The largest absolute Gasteiger partial charge is 0.396 e. The van der Waals surface area contributed by atoms with Gasteiger partial charge in [0, 0.05) is 33.2 Å². The fourth-order valence-corrected chi connectivity index (χ4v) is 3.44. The van der Waals surface area contributed by atoms with Crippen molar-refractivity contribution in [1.82, 2.24) is 9.62 Å². The van der Waals surface area contributed by atoms with Gasteiger partial charge in [0.25, 0.3) is 0 Å². The summed E-state index contributed by atoms with van der Waals surface area (Å²) in [6, 6.07) is -0.307. The smallest absolute Gasteiger partial charge is 0.221 e. The van der Waals surface area contributed by atoms with Crippen molar-refractivity contribution in [2.45, 2.75) is 18.9 Å². The minimum absolute atomic E-state index is 0.0691. The van der Waals surface area contributed by atoms with E-state index in [1.54, 1.807) is 0 Å². The molecule has 1 atom stereocenters. The molecule has 0 aromatic heterocycles. The summed E-state index contributed by atoms with van der Waals surface area (Å²) >= 11 is 0. The molecule has 0 radical (unpaired) electrons. The summed E-state index contributed by atoms with van der Waals surface area (Å²) in [5.74, 6) is -0.583. The lowest BCUT2D eigenvalue weighted by molar-refractivity contribution is -0.121. The second-order valence-corrected chi connectivity index (χ2v) is 6.90. The van der Waals surface area contributed by atoms with Gasteiger partial charge in [0.15, 0.2) is 0 Å². The van der Waals surface area contributed by atoms with Crippen LogP contribution in [0.4, 0.5) is 0 Å². The summed E-state index contributed by atoms with van der Waals surface area (Å²) in [7, 11) is -1.93. The topological polar surface area (TPSA) is 105 Å². The zero-order chi connectivity index (χ0) is 15.7. The minimum Gasteiger partial charge on any atom is -0.396 e. The van der Waals surface area contributed by atoms with Crippen LogP contribution in [0, 0.1) is 0 Å². The van der Waals surface area contributed by atoms with Gasteiger partial charge in [0.05, 0.1) is 31.6 Å². The van der Waals surface area contributed by atoms with Crippen LogP contribution in [0.2, 0.25) is 0 Å². The first kappa shape index (κ1) is 18.3. The molecule has 1 aliphatic heterocycles. The lowest BCUT2D eigenvalue weighted by atomic mass is 10.2. The predicted octanol–water partition coefficient (Wildman–Crippen LogP) is -1.45. The normalized spacial score (nSPS) is 18.4. The van der Waals surface area contributed by atoms with Crippen LogP contribution in [0.25, 0.3) is 0 Å². The Kier molecular flexibility index (Phi) is 8.12. The van der Waals surface area contributed by atoms with Crippen LogP contribution in [0.5, 0.6) is 0 Å². The maximum atomic E-state index is 12.1. The predicted molar refractivity (Wildman–Crippen MR) is 76.3 cm³/mol. The fourth-order valence-electron chi connectivity index (χ4n) is 2.03. The molecule has 1 heterocycles. The number of morpholine rings is 1. The third-order valence-electron chi connectivity index (χ3n) is 3.16. The van der Waals surface area contributed by atoms with E-state index in [9.17, 15) is 13.2 Å². The van der Waals surface area contributed by atoms with E-state index in [2.05, 4.69) is 5.32 Å². The van der Waals surface area contributed by atoms with Crippen LogP contribution in [-0.2, 0) is 24.3 Å². The number of hydrogen-bond donors (Lipinski definition) is 2. The average molecular weight is 324 g/mol. The average Bonchev–Trinajstić information content (AvgIpc) is 2.47. The van der Waals surface area contributed by atoms with Gasteiger partial charge in [-0.3, -0.25) is 4.79 Å². The summed E-state index contributed by atoms with van der Waals surface area (Å²) in [6.45, 7) is 1.65. The molecule has 1 rings (SSSR count). The van der Waals surface area contributed by atoms with Crippen molar-refractivity contribution < 1.29 is 27.8 Å². The molecule has 0 aliphatic carbocycles. The Morgan fingerprint density at radius 2 is 2.10 bits per heavy atom. The number of methoxy groups -OCH3 is 1. The van der Waals surface area contributed by atoms with E-state index in [1.165, 1.54) is 11.4 Å². The number of nitrogens with zero attached hydrogens (tertiary/aromatic N) is 1. The number of sulfonamides is 1. The van der Waals surface area contributed by atoms with Gasteiger partial charge in [0.1, 0.15) is 0 Å². The van der Waals surface area contributed by atoms with Gasteiger partial charge in [-0.2, -0.15) is 4.31 Å². The third kappa shape index (κ3) is 6.70. The number of ether oxygens (including phenoxy) is 2. The first-order valence-electron chi connectivity index (χ1n) is 6.94. The molecule has 8 nitrogen and oxygen atoms in total. The van der Waals surface area contributed by atoms with E-state index in [0.717, 1.165) is 0 Å². The van der Waals surface area contributed by atoms with Crippen molar-refractivity contribution in [1.29, 1.82) is 0 Å². The molecule has 1 amide bonds. The number of nitrogens with one attached hydrogen (secondary N) is 1. The van der Waals surface area contributed by atoms with Crippen LogP contribution in [0.15, 0.2) is 0 Å². The minimum atomic E-state index is -3.43. The van der Waals surface area contributed by atoms with Gasteiger partial charge in [-0.25, -0.2) is 8.42 Å². The van der Waals surface area contributed by atoms with Gasteiger partial charge >= 0.3 is 0 Å². The molecule has 124 valence electrons. The molecule has 9 heteroatoms. The van der Waals surface area contributed by atoms with Crippen LogP contribution >= 0.6 is 0 Å². The van der Waals surface area contributed by atoms with Crippen molar-refractivity contribution in [2.75, 3.05) is 52.4 Å². The second kappa shape index (κ2) is 9.31. The molecule has 21 heavy (non-hydrogen) atoms. The highest BCUT2D eigenvalue weighted by atomic mass is 32.2. The van der Waals surface area contributed by atoms with E-state index in [0.29, 0.717) is 32.7 Å². The Morgan fingerprint density at radius 3 is 2.67 bits per heavy atom. The van der Waals surface area contributed by atoms with Crippen LogP contribution in [0.3, 0.4) is 0 Å². The van der Waals surface area contributed by atoms with Crippen molar-refractivity contribution in [3.63, 3.8) is 0 Å². The quantitative estimate of drug-likeness (QED) is 0.538. The zero-order valence-electron chi connectivity index (χ0n) is 12.3. The number of carbonyl (C=O) groups is 1. The number of aliphatic hydroxyl groups is 1. The third-order valence-corrected chi connectivity index (χ3v) is 5.03. The molecule has 1 unspecified atom stereocenters. The van der Waals surface area contributed by atoms with Gasteiger partial charge in [-0.1, -0.05) is 0 Å². The first-order chi connectivity index (χ1) is 9.99. The monoisotopic (exact) mass is 324 g/mol.